The maximum Gasteiger partial charge on any atom is 0.178 e. The normalized spacial score (nSPS) is 47.1. The molecule has 0 radical (unpaired) electrons. The summed E-state index contributed by atoms with van der Waals surface area (Å²) in [6, 6.07) is 0. The third-order valence-corrected chi connectivity index (χ3v) is 9.16. The van der Waals surface area contributed by atoms with Gasteiger partial charge >= 0.3 is 0 Å². The lowest BCUT2D eigenvalue weighted by Gasteiger charge is -2.59. The Kier molecular flexibility index (Phi) is 4.91. The SMILES string of the molecule is C[C@H](CCCO)[C@H]1CC[C@H]2[C@@H]3[C@H](O)CC4=CC(=O)C=C[C@]4(C)[C@H]3CC[C@]12C. The van der Waals surface area contributed by atoms with Crippen LogP contribution in [0.15, 0.2) is 23.8 Å². The van der Waals surface area contributed by atoms with E-state index >= 15 is 0 Å². The molecule has 4 aliphatic carbocycles. The first-order chi connectivity index (χ1) is 12.8. The quantitative estimate of drug-likeness (QED) is 0.774. The molecule has 0 saturated heterocycles. The highest BCUT2D eigenvalue weighted by Crippen LogP contribution is 2.67. The molecular formula is C24H36O3. The summed E-state index contributed by atoms with van der Waals surface area (Å²) in [6.45, 7) is 7.44. The van der Waals surface area contributed by atoms with Crippen LogP contribution in [0.1, 0.15) is 65.7 Å². The van der Waals surface area contributed by atoms with Gasteiger partial charge < -0.3 is 10.2 Å². The van der Waals surface area contributed by atoms with Crippen molar-refractivity contribution in [3.63, 3.8) is 0 Å². The third-order valence-electron chi connectivity index (χ3n) is 9.16. The van der Waals surface area contributed by atoms with Crippen LogP contribution >= 0.6 is 0 Å². The molecule has 8 atom stereocenters. The predicted octanol–water partition coefficient (Wildman–Crippen LogP) is 4.29. The minimum absolute atomic E-state index is 0.0558. The van der Waals surface area contributed by atoms with E-state index in [-0.39, 0.29) is 17.3 Å². The molecule has 0 aromatic heterocycles. The van der Waals surface area contributed by atoms with E-state index in [1.807, 2.05) is 0 Å². The molecule has 4 aliphatic rings. The largest absolute Gasteiger partial charge is 0.396 e. The second-order valence-corrected chi connectivity index (χ2v) is 10.3. The fourth-order valence-electron chi connectivity index (χ4n) is 7.76. The number of hydrogen-bond acceptors (Lipinski definition) is 3. The third kappa shape index (κ3) is 2.88. The lowest BCUT2D eigenvalue weighted by atomic mass is 9.46. The van der Waals surface area contributed by atoms with Crippen LogP contribution < -0.4 is 0 Å². The number of fused-ring (bicyclic) bond motifs is 5. The van der Waals surface area contributed by atoms with E-state index in [1.165, 1.54) is 19.3 Å². The number of aliphatic hydroxyl groups excluding tert-OH is 2. The van der Waals surface area contributed by atoms with Gasteiger partial charge in [-0.3, -0.25) is 4.79 Å². The zero-order chi connectivity index (χ0) is 19.4. The number of carbonyl (C=O) groups is 1. The van der Waals surface area contributed by atoms with Gasteiger partial charge in [0.1, 0.15) is 0 Å². The minimum atomic E-state index is -0.315. The molecule has 3 saturated carbocycles. The molecule has 3 nitrogen and oxygen atoms in total. The lowest BCUT2D eigenvalue weighted by molar-refractivity contribution is -0.112. The van der Waals surface area contributed by atoms with Gasteiger partial charge in [0.25, 0.3) is 0 Å². The summed E-state index contributed by atoms with van der Waals surface area (Å²) in [6.07, 6.45) is 12.9. The Hall–Kier alpha value is -0.930. The summed E-state index contributed by atoms with van der Waals surface area (Å²) in [4.78, 5) is 11.9. The molecule has 0 aliphatic heterocycles. The Bertz CT molecular complexity index is 665. The molecule has 0 heterocycles. The summed E-state index contributed by atoms with van der Waals surface area (Å²) < 4.78 is 0. The molecule has 0 amide bonds. The van der Waals surface area contributed by atoms with Gasteiger partial charge in [-0.2, -0.15) is 0 Å². The molecule has 0 unspecified atom stereocenters. The van der Waals surface area contributed by atoms with Gasteiger partial charge in [0.15, 0.2) is 5.78 Å². The van der Waals surface area contributed by atoms with Gasteiger partial charge in [-0.05, 0) is 92.1 Å². The molecule has 4 rings (SSSR count). The van der Waals surface area contributed by atoms with Gasteiger partial charge in [-0.1, -0.05) is 32.4 Å². The number of rotatable bonds is 4. The van der Waals surface area contributed by atoms with Crippen LogP contribution in [0.2, 0.25) is 0 Å². The van der Waals surface area contributed by atoms with Crippen molar-refractivity contribution in [2.45, 2.75) is 71.8 Å². The number of hydrogen-bond donors (Lipinski definition) is 2. The van der Waals surface area contributed by atoms with E-state index in [1.54, 1.807) is 12.2 Å². The van der Waals surface area contributed by atoms with Crippen LogP contribution in [0, 0.1) is 40.4 Å². The van der Waals surface area contributed by atoms with Crippen molar-refractivity contribution in [3.05, 3.63) is 23.8 Å². The summed E-state index contributed by atoms with van der Waals surface area (Å²) in [5.74, 6) is 2.79. The van der Waals surface area contributed by atoms with Crippen molar-refractivity contribution < 1.29 is 15.0 Å². The van der Waals surface area contributed by atoms with Crippen LogP contribution in [0.4, 0.5) is 0 Å². The second kappa shape index (κ2) is 6.84. The maximum atomic E-state index is 11.9. The average molecular weight is 373 g/mol. The Morgan fingerprint density at radius 3 is 2.74 bits per heavy atom. The molecule has 0 aromatic carbocycles. The van der Waals surface area contributed by atoms with Crippen LogP contribution in [0.3, 0.4) is 0 Å². The van der Waals surface area contributed by atoms with E-state index in [0.29, 0.717) is 48.0 Å². The monoisotopic (exact) mass is 372 g/mol. The van der Waals surface area contributed by atoms with Gasteiger partial charge in [0.2, 0.25) is 0 Å². The van der Waals surface area contributed by atoms with Crippen molar-refractivity contribution in [3.8, 4) is 0 Å². The predicted molar refractivity (Wildman–Crippen MR) is 107 cm³/mol. The van der Waals surface area contributed by atoms with Crippen molar-refractivity contribution in [1.82, 2.24) is 0 Å². The number of aliphatic hydroxyl groups is 2. The van der Waals surface area contributed by atoms with Crippen LogP contribution in [0.5, 0.6) is 0 Å². The number of allylic oxidation sites excluding steroid dienone is 3. The minimum Gasteiger partial charge on any atom is -0.396 e. The summed E-state index contributed by atoms with van der Waals surface area (Å²) in [7, 11) is 0. The summed E-state index contributed by atoms with van der Waals surface area (Å²) >= 11 is 0. The Morgan fingerprint density at radius 2 is 2.00 bits per heavy atom. The van der Waals surface area contributed by atoms with Crippen LogP contribution in [-0.2, 0) is 4.79 Å². The van der Waals surface area contributed by atoms with E-state index < -0.39 is 0 Å². The van der Waals surface area contributed by atoms with Crippen molar-refractivity contribution in [1.29, 1.82) is 0 Å². The summed E-state index contributed by atoms with van der Waals surface area (Å²) in [5.41, 5.74) is 1.40. The molecule has 0 spiro atoms. The highest BCUT2D eigenvalue weighted by atomic mass is 16.3. The van der Waals surface area contributed by atoms with Gasteiger partial charge in [-0.15, -0.1) is 0 Å². The van der Waals surface area contributed by atoms with Gasteiger partial charge in [-0.25, -0.2) is 0 Å². The molecular weight excluding hydrogens is 336 g/mol. The number of carbonyl (C=O) groups excluding carboxylic acids is 1. The number of ketones is 1. The molecule has 150 valence electrons. The second-order valence-electron chi connectivity index (χ2n) is 10.3. The van der Waals surface area contributed by atoms with Crippen molar-refractivity contribution in [2.24, 2.45) is 40.4 Å². The first kappa shape index (κ1) is 19.4. The smallest absolute Gasteiger partial charge is 0.178 e. The zero-order valence-corrected chi connectivity index (χ0v) is 17.2. The molecule has 3 fully saturated rings. The Morgan fingerprint density at radius 1 is 1.22 bits per heavy atom. The van der Waals surface area contributed by atoms with E-state index in [9.17, 15) is 15.0 Å². The van der Waals surface area contributed by atoms with E-state index in [0.717, 1.165) is 24.8 Å². The standard InChI is InChI=1S/C24H36O3/c1-15(5-4-12-25)18-6-7-19-22-20(9-11-24(18,19)3)23(2)10-8-17(26)13-16(23)14-21(22)27/h8,10,13,15,18-22,25,27H,4-7,9,11-12,14H2,1-3H3/t15-,18-,19+,20+,21-,22+,23+,24-/m1/s1. The fourth-order valence-corrected chi connectivity index (χ4v) is 7.76. The van der Waals surface area contributed by atoms with E-state index in [4.69, 9.17) is 0 Å². The van der Waals surface area contributed by atoms with Crippen molar-refractivity contribution >= 4 is 5.78 Å². The van der Waals surface area contributed by atoms with Gasteiger partial charge in [0, 0.05) is 12.0 Å². The Balaban J connectivity index is 1.62. The molecule has 0 bridgehead atoms. The first-order valence-corrected chi connectivity index (χ1v) is 11.0. The van der Waals surface area contributed by atoms with Crippen LogP contribution in [-0.4, -0.2) is 28.7 Å². The summed E-state index contributed by atoms with van der Waals surface area (Å²) in [5, 5.41) is 20.4. The average Bonchev–Trinajstić information content (AvgIpc) is 2.98. The first-order valence-electron chi connectivity index (χ1n) is 11.0. The molecule has 2 N–H and O–H groups in total. The highest BCUT2D eigenvalue weighted by molar-refractivity contribution is 6.01. The van der Waals surface area contributed by atoms with E-state index in [2.05, 4.69) is 26.8 Å². The molecule has 0 aromatic rings. The maximum absolute atomic E-state index is 11.9. The highest BCUT2D eigenvalue weighted by Gasteiger charge is 2.61. The lowest BCUT2D eigenvalue weighted by Crippen LogP contribution is -2.55. The Labute approximate surface area is 163 Å². The topological polar surface area (TPSA) is 57.5 Å². The van der Waals surface area contributed by atoms with Gasteiger partial charge in [0.05, 0.1) is 6.10 Å². The zero-order valence-electron chi connectivity index (χ0n) is 17.2. The van der Waals surface area contributed by atoms with Crippen molar-refractivity contribution in [2.75, 3.05) is 6.61 Å². The molecule has 27 heavy (non-hydrogen) atoms. The fraction of sp³-hybridized carbons (Fsp3) is 0.792. The van der Waals surface area contributed by atoms with Crippen LogP contribution in [0.25, 0.3) is 0 Å². The molecule has 3 heteroatoms.